The van der Waals surface area contributed by atoms with Gasteiger partial charge >= 0.3 is 0 Å². The van der Waals surface area contributed by atoms with Crippen molar-refractivity contribution in [3.05, 3.63) is 0 Å². The largest absolute Gasteiger partial charge is 0.388 e. The number of nitrogens with zero attached hydrogens (tertiary/aromatic N) is 2. The number of likely N-dealkylation sites (tertiary alicyclic amines) is 1. The average molecular weight is 284 g/mol. The molecule has 0 radical (unpaired) electrons. The lowest BCUT2D eigenvalue weighted by Gasteiger charge is -2.30. The first-order valence-corrected chi connectivity index (χ1v) is 7.71. The summed E-state index contributed by atoms with van der Waals surface area (Å²) in [6, 6.07) is 0.555. The van der Waals surface area contributed by atoms with Crippen LogP contribution in [-0.4, -0.2) is 67.0 Å². The Hall–Kier alpha value is -0.850. The Bertz CT molecular complexity index is 329. The molecule has 2 fully saturated rings. The lowest BCUT2D eigenvalue weighted by molar-refractivity contribution is -0.0565. The maximum atomic E-state index is 10.3. The third-order valence-electron chi connectivity index (χ3n) is 4.39. The standard InChI is InChI=1S/C14H28N4O2/c1-2-18-7-3-4-12(18)10-16-13(15)17-11-14(19)5-8-20-9-6-14/h12,19H,2-11H2,1H3,(H3,15,16,17). The van der Waals surface area contributed by atoms with E-state index in [0.29, 0.717) is 44.6 Å². The minimum absolute atomic E-state index is 0.358. The fraction of sp³-hybridized carbons (Fsp3) is 0.929. The summed E-state index contributed by atoms with van der Waals surface area (Å²) in [5, 5.41) is 13.5. The smallest absolute Gasteiger partial charge is 0.188 e. The molecule has 1 atom stereocenters. The second-order valence-corrected chi connectivity index (χ2v) is 5.84. The molecule has 0 aliphatic carbocycles. The number of nitrogens with one attached hydrogen (secondary N) is 1. The van der Waals surface area contributed by atoms with Crippen LogP contribution in [0.25, 0.3) is 0 Å². The van der Waals surface area contributed by atoms with Gasteiger partial charge in [0.2, 0.25) is 0 Å². The highest BCUT2D eigenvalue weighted by Gasteiger charge is 2.29. The van der Waals surface area contributed by atoms with E-state index < -0.39 is 5.60 Å². The molecule has 0 spiro atoms. The lowest BCUT2D eigenvalue weighted by atomic mass is 9.95. The molecule has 0 aromatic rings. The van der Waals surface area contributed by atoms with E-state index in [4.69, 9.17) is 10.5 Å². The van der Waals surface area contributed by atoms with Gasteiger partial charge in [0.15, 0.2) is 5.96 Å². The SMILES string of the molecule is CCN1CCCC1CNC(N)=NCC1(O)CCOCC1. The van der Waals surface area contributed by atoms with Crippen molar-refractivity contribution in [3.8, 4) is 0 Å². The molecule has 0 amide bonds. The zero-order valence-electron chi connectivity index (χ0n) is 12.5. The zero-order valence-corrected chi connectivity index (χ0v) is 12.5. The maximum absolute atomic E-state index is 10.3. The molecular weight excluding hydrogens is 256 g/mol. The van der Waals surface area contributed by atoms with Gasteiger partial charge in [-0.05, 0) is 25.9 Å². The molecule has 0 saturated carbocycles. The highest BCUT2D eigenvalue weighted by Crippen LogP contribution is 2.20. The van der Waals surface area contributed by atoms with Crippen LogP contribution in [0, 0.1) is 0 Å². The summed E-state index contributed by atoms with van der Waals surface area (Å²) in [4.78, 5) is 6.76. The van der Waals surface area contributed by atoms with Crippen LogP contribution in [0.15, 0.2) is 4.99 Å². The number of hydrogen-bond acceptors (Lipinski definition) is 4. The van der Waals surface area contributed by atoms with E-state index in [0.717, 1.165) is 13.1 Å². The van der Waals surface area contributed by atoms with Gasteiger partial charge in [-0.3, -0.25) is 9.89 Å². The highest BCUT2D eigenvalue weighted by atomic mass is 16.5. The Morgan fingerprint density at radius 3 is 2.95 bits per heavy atom. The van der Waals surface area contributed by atoms with Crippen molar-refractivity contribution in [2.75, 3.05) is 39.4 Å². The van der Waals surface area contributed by atoms with Crippen molar-refractivity contribution >= 4 is 5.96 Å². The lowest BCUT2D eigenvalue weighted by Crippen LogP contribution is -2.44. The van der Waals surface area contributed by atoms with Crippen molar-refractivity contribution in [1.29, 1.82) is 0 Å². The molecule has 6 nitrogen and oxygen atoms in total. The topological polar surface area (TPSA) is 83.1 Å². The van der Waals surface area contributed by atoms with Crippen molar-refractivity contribution in [3.63, 3.8) is 0 Å². The van der Waals surface area contributed by atoms with Crippen LogP contribution in [-0.2, 0) is 4.74 Å². The van der Waals surface area contributed by atoms with Crippen LogP contribution >= 0.6 is 0 Å². The van der Waals surface area contributed by atoms with Gasteiger partial charge in [-0.2, -0.15) is 0 Å². The van der Waals surface area contributed by atoms with Crippen molar-refractivity contribution < 1.29 is 9.84 Å². The molecule has 6 heteroatoms. The van der Waals surface area contributed by atoms with Crippen LogP contribution in [0.3, 0.4) is 0 Å². The number of guanidine groups is 1. The summed E-state index contributed by atoms with van der Waals surface area (Å²) in [5.74, 6) is 0.438. The Labute approximate surface area is 121 Å². The van der Waals surface area contributed by atoms with Gasteiger partial charge in [-0.25, -0.2) is 0 Å². The summed E-state index contributed by atoms with van der Waals surface area (Å²) in [5.41, 5.74) is 5.15. The van der Waals surface area contributed by atoms with Gasteiger partial charge in [0.05, 0.1) is 12.1 Å². The van der Waals surface area contributed by atoms with Crippen LogP contribution < -0.4 is 11.1 Å². The van der Waals surface area contributed by atoms with E-state index >= 15 is 0 Å². The van der Waals surface area contributed by atoms with Gasteiger partial charge in [0.25, 0.3) is 0 Å². The van der Waals surface area contributed by atoms with Gasteiger partial charge in [-0.1, -0.05) is 6.92 Å². The average Bonchev–Trinajstić information content (AvgIpc) is 2.91. The number of aliphatic imine (C=N–C) groups is 1. The first kappa shape index (κ1) is 15.5. The van der Waals surface area contributed by atoms with Gasteiger partial charge in [0, 0.05) is 38.6 Å². The molecule has 2 heterocycles. The second kappa shape index (κ2) is 7.24. The molecule has 0 aromatic heterocycles. The number of aliphatic hydroxyl groups is 1. The Balaban J connectivity index is 1.73. The summed E-state index contributed by atoms with van der Waals surface area (Å²) in [7, 11) is 0. The number of hydrogen-bond donors (Lipinski definition) is 3. The molecule has 1 unspecified atom stereocenters. The molecule has 2 aliphatic heterocycles. The first-order chi connectivity index (χ1) is 9.63. The summed E-state index contributed by atoms with van der Waals surface area (Å²) >= 11 is 0. The Morgan fingerprint density at radius 2 is 2.25 bits per heavy atom. The van der Waals surface area contributed by atoms with Crippen LogP contribution in [0.1, 0.15) is 32.6 Å². The molecule has 2 aliphatic rings. The van der Waals surface area contributed by atoms with Gasteiger partial charge in [0.1, 0.15) is 0 Å². The molecule has 0 aromatic carbocycles. The van der Waals surface area contributed by atoms with Crippen LogP contribution in [0.5, 0.6) is 0 Å². The van der Waals surface area contributed by atoms with E-state index in [2.05, 4.69) is 22.1 Å². The van der Waals surface area contributed by atoms with E-state index in [-0.39, 0.29) is 0 Å². The maximum Gasteiger partial charge on any atom is 0.188 e. The Morgan fingerprint density at radius 1 is 1.50 bits per heavy atom. The molecule has 2 rings (SSSR count). The van der Waals surface area contributed by atoms with Crippen molar-refractivity contribution in [1.82, 2.24) is 10.2 Å². The molecular formula is C14H28N4O2. The van der Waals surface area contributed by atoms with Crippen molar-refractivity contribution in [2.45, 2.75) is 44.2 Å². The number of ether oxygens (including phenoxy) is 1. The van der Waals surface area contributed by atoms with Crippen molar-refractivity contribution in [2.24, 2.45) is 10.7 Å². The minimum atomic E-state index is -0.743. The Kier molecular flexibility index (Phi) is 5.63. The zero-order chi connectivity index (χ0) is 14.4. The molecule has 0 bridgehead atoms. The predicted octanol–water partition coefficient (Wildman–Crippen LogP) is -0.0835. The van der Waals surface area contributed by atoms with E-state index in [1.165, 1.54) is 19.4 Å². The fourth-order valence-corrected chi connectivity index (χ4v) is 2.96. The summed E-state index contributed by atoms with van der Waals surface area (Å²) in [6.45, 7) is 6.86. The monoisotopic (exact) mass is 284 g/mol. The predicted molar refractivity (Wildman–Crippen MR) is 79.8 cm³/mol. The summed E-state index contributed by atoms with van der Waals surface area (Å²) < 4.78 is 5.25. The quantitative estimate of drug-likeness (QED) is 0.486. The van der Waals surface area contributed by atoms with E-state index in [9.17, 15) is 5.11 Å². The van der Waals surface area contributed by atoms with Gasteiger partial charge in [-0.15, -0.1) is 0 Å². The van der Waals surface area contributed by atoms with Gasteiger partial charge < -0.3 is 20.9 Å². The number of nitrogens with two attached hydrogens (primary N) is 1. The molecule has 4 N–H and O–H groups in total. The third kappa shape index (κ3) is 4.33. The molecule has 20 heavy (non-hydrogen) atoms. The number of rotatable bonds is 5. The molecule has 2 saturated heterocycles. The normalized spacial score (nSPS) is 27.7. The highest BCUT2D eigenvalue weighted by molar-refractivity contribution is 5.77. The fourth-order valence-electron chi connectivity index (χ4n) is 2.96. The second-order valence-electron chi connectivity index (χ2n) is 5.84. The van der Waals surface area contributed by atoms with E-state index in [1.807, 2.05) is 0 Å². The summed E-state index contributed by atoms with van der Waals surface area (Å²) in [6.07, 6.45) is 3.75. The minimum Gasteiger partial charge on any atom is -0.388 e. The first-order valence-electron chi connectivity index (χ1n) is 7.71. The number of likely N-dealkylation sites (N-methyl/N-ethyl adjacent to an activating group) is 1. The van der Waals surface area contributed by atoms with E-state index in [1.54, 1.807) is 0 Å². The third-order valence-corrected chi connectivity index (χ3v) is 4.39. The van der Waals surface area contributed by atoms with Crippen LogP contribution in [0.2, 0.25) is 0 Å². The van der Waals surface area contributed by atoms with Crippen LogP contribution in [0.4, 0.5) is 0 Å². The molecule has 116 valence electrons.